The Morgan fingerprint density at radius 2 is 2.35 bits per heavy atom. The zero-order chi connectivity index (χ0) is 31.3. The van der Waals surface area contributed by atoms with Gasteiger partial charge in [0.15, 0.2) is 11.5 Å². The van der Waals surface area contributed by atoms with Gasteiger partial charge in [0.05, 0.1) is 18.3 Å². The lowest BCUT2D eigenvalue weighted by atomic mass is 9.80. The van der Waals surface area contributed by atoms with Crippen LogP contribution in [0.5, 0.6) is 11.5 Å². The number of methoxy groups -OCH3 is 2. The molecule has 0 saturated carbocycles. The molecular weight excluding hydrogens is 290 g/mol. The highest BCUT2D eigenvalue weighted by Gasteiger charge is 2.38. The largest absolute Gasteiger partial charge is 0.493 e. The van der Waals surface area contributed by atoms with Crippen LogP contribution in [0.2, 0.25) is 0 Å². The van der Waals surface area contributed by atoms with Gasteiger partial charge < -0.3 is 9.47 Å². The summed E-state index contributed by atoms with van der Waals surface area (Å²) in [6.45, 7) is -12.0. The van der Waals surface area contributed by atoms with Crippen molar-refractivity contribution in [2.24, 2.45) is 11.8 Å². The summed E-state index contributed by atoms with van der Waals surface area (Å²) in [5.74, 6) is -10.8. The number of rotatable bonds is 4. The smallest absolute Gasteiger partial charge is 0.161 e. The van der Waals surface area contributed by atoms with E-state index in [1.165, 1.54) is 6.07 Å². The summed E-state index contributed by atoms with van der Waals surface area (Å²) in [5, 5.41) is 0. The van der Waals surface area contributed by atoms with E-state index >= 15 is 0 Å². The Hall–Kier alpha value is -1.55. The van der Waals surface area contributed by atoms with Gasteiger partial charge in [-0.15, -0.1) is 0 Å². The predicted octanol–water partition coefficient (Wildman–Crippen LogP) is 3.24. The van der Waals surface area contributed by atoms with Gasteiger partial charge in [-0.25, -0.2) is 0 Å². The maximum atomic E-state index is 13.8. The van der Waals surface area contributed by atoms with Gasteiger partial charge in [0.1, 0.15) is 5.78 Å². The number of nitrogens with zero attached hydrogens (tertiary/aromatic N) is 1. The van der Waals surface area contributed by atoms with Crippen LogP contribution >= 0.6 is 0 Å². The van der Waals surface area contributed by atoms with Crippen LogP contribution in [0.1, 0.15) is 66.9 Å². The maximum absolute atomic E-state index is 13.8. The summed E-state index contributed by atoms with van der Waals surface area (Å²) in [6.07, 6.45) is -7.79. The van der Waals surface area contributed by atoms with Crippen molar-refractivity contribution in [2.75, 3.05) is 27.2 Å². The third-order valence-electron chi connectivity index (χ3n) is 3.76. The van der Waals surface area contributed by atoms with Crippen molar-refractivity contribution < 1.29 is 37.6 Å². The first-order valence-electron chi connectivity index (χ1n) is 15.4. The van der Waals surface area contributed by atoms with Gasteiger partial charge >= 0.3 is 0 Å². The number of hydrogen-bond donors (Lipinski definition) is 0. The standard InChI is InChI=1S/C19H27NO3/c1-12(2)7-14-11-20-6-5-13-8-18(22-3)19(23-4)9-15(13)16(20)10-17(14)21/h8-9,12,14,16H,5-7,10-11H2,1-4H3/i1D3,2D3,3D3,7D2,10D2,11D2,12D,14D. The van der Waals surface area contributed by atoms with Crippen LogP contribution in [-0.2, 0) is 11.2 Å². The average molecular weight is 335 g/mol. The van der Waals surface area contributed by atoms with E-state index in [1.807, 2.05) is 0 Å². The van der Waals surface area contributed by atoms with Gasteiger partial charge in [-0.05, 0) is 41.9 Å². The molecule has 2 heterocycles. The van der Waals surface area contributed by atoms with E-state index in [-0.39, 0.29) is 29.0 Å². The average Bonchev–Trinajstić information content (AvgIpc) is 2.77. The molecule has 2 unspecified atom stereocenters. The number of fused-ring (bicyclic) bond motifs is 3. The van der Waals surface area contributed by atoms with Gasteiger partial charge in [0.2, 0.25) is 0 Å². The molecule has 2 aliphatic heterocycles. The van der Waals surface area contributed by atoms with Crippen LogP contribution in [0.15, 0.2) is 12.1 Å². The van der Waals surface area contributed by atoms with E-state index < -0.39 is 70.1 Å². The first kappa shape index (κ1) is 5.48. The molecule has 2 aliphatic rings. The number of piperidine rings is 1. The minimum absolute atomic E-state index is 0.0744. The highest BCUT2D eigenvalue weighted by Crippen LogP contribution is 2.42. The molecule has 3 rings (SSSR count). The Bertz CT molecular complexity index is 1170. The van der Waals surface area contributed by atoms with Crippen LogP contribution in [0.4, 0.5) is 0 Å². The third kappa shape index (κ3) is 3.09. The van der Waals surface area contributed by atoms with Gasteiger partial charge in [-0.3, -0.25) is 9.69 Å². The molecule has 4 heteroatoms. The first-order valence-corrected chi connectivity index (χ1v) is 6.86. The van der Waals surface area contributed by atoms with E-state index in [9.17, 15) is 4.79 Å². The molecule has 1 aromatic rings. The summed E-state index contributed by atoms with van der Waals surface area (Å²) in [7, 11) is -1.74. The summed E-state index contributed by atoms with van der Waals surface area (Å²) < 4.78 is 147. The fourth-order valence-corrected chi connectivity index (χ4v) is 2.74. The number of ether oxygens (including phenoxy) is 2. The quantitative estimate of drug-likeness (QED) is 0.847. The van der Waals surface area contributed by atoms with Crippen LogP contribution in [-0.4, -0.2) is 37.9 Å². The molecule has 2 atom stereocenters. The number of ketones is 1. The van der Waals surface area contributed by atoms with Gasteiger partial charge in [-0.1, -0.05) is 13.7 Å². The fourth-order valence-electron chi connectivity index (χ4n) is 2.74. The van der Waals surface area contributed by atoms with Gasteiger partial charge in [0, 0.05) is 50.5 Å². The monoisotopic (exact) mass is 334 g/mol. The molecule has 1 aromatic carbocycles. The topological polar surface area (TPSA) is 38.8 Å². The molecule has 0 N–H and O–H groups in total. The Morgan fingerprint density at radius 3 is 3.09 bits per heavy atom. The lowest BCUT2D eigenvalue weighted by Crippen LogP contribution is -2.46. The minimum Gasteiger partial charge on any atom is -0.493 e. The third-order valence-corrected chi connectivity index (χ3v) is 3.76. The SMILES string of the molecule is [2H]C([2H])([2H])Oc1cc2c(cc1OC)C1N(CC2)C([2H])([2H])C([2H])(C([2H])([2H])C([2H])(C([2H])([2H])[2H])C([2H])([2H])[2H])C(=O)C1([2H])[2H]. The molecule has 0 amide bonds. The molecular formula is C19H27NO3. The Balaban J connectivity index is 2.30. The Morgan fingerprint density at radius 1 is 1.52 bits per heavy atom. The molecule has 0 aliphatic carbocycles. The molecule has 126 valence electrons. The van der Waals surface area contributed by atoms with Crippen molar-refractivity contribution in [1.82, 2.24) is 4.90 Å². The number of carbonyl (C=O) groups excluding carboxylic acids is 1. The molecule has 1 saturated heterocycles. The number of benzene rings is 1. The second kappa shape index (κ2) is 6.52. The van der Waals surface area contributed by atoms with Crippen molar-refractivity contribution >= 4 is 5.78 Å². The molecule has 0 aromatic heterocycles. The summed E-state index contributed by atoms with van der Waals surface area (Å²) in [4.78, 5) is 14.4. The van der Waals surface area contributed by atoms with E-state index in [0.29, 0.717) is 4.90 Å². The second-order valence-corrected chi connectivity index (χ2v) is 5.11. The van der Waals surface area contributed by atoms with E-state index in [1.54, 1.807) is 0 Å². The molecule has 0 spiro atoms. The normalized spacial score (nSPS) is 45.5. The van der Waals surface area contributed by atoms with Gasteiger partial charge in [-0.2, -0.15) is 0 Å². The second-order valence-electron chi connectivity index (χ2n) is 5.11. The highest BCUT2D eigenvalue weighted by atomic mass is 16.5. The van der Waals surface area contributed by atoms with E-state index in [2.05, 4.69) is 0 Å². The van der Waals surface area contributed by atoms with Gasteiger partial charge in [0.25, 0.3) is 0 Å². The van der Waals surface area contributed by atoms with Crippen LogP contribution in [0, 0.1) is 11.8 Å². The molecule has 4 nitrogen and oxygen atoms in total. The summed E-state index contributed by atoms with van der Waals surface area (Å²) >= 11 is 0. The van der Waals surface area contributed by atoms with Crippen molar-refractivity contribution in [3.63, 3.8) is 0 Å². The number of Topliss-reactive ketones (excluding diaryl/α,β-unsaturated/α-hetero) is 1. The van der Waals surface area contributed by atoms with Crippen LogP contribution in [0.25, 0.3) is 0 Å². The van der Waals surface area contributed by atoms with E-state index in [0.717, 1.165) is 13.2 Å². The van der Waals surface area contributed by atoms with Crippen LogP contribution in [0.3, 0.4) is 0 Å². The highest BCUT2D eigenvalue weighted by molar-refractivity contribution is 5.83. The summed E-state index contributed by atoms with van der Waals surface area (Å²) in [5.41, 5.74) is 0.156. The molecule has 0 radical (unpaired) electrons. The van der Waals surface area contributed by atoms with Crippen LogP contribution < -0.4 is 9.47 Å². The Kier molecular flexibility index (Phi) is 1.55. The van der Waals surface area contributed by atoms with Crippen molar-refractivity contribution in [3.8, 4) is 11.5 Å². The fraction of sp³-hybridized carbons (Fsp3) is 0.632. The lowest BCUT2D eigenvalue weighted by molar-refractivity contribution is -0.129. The van der Waals surface area contributed by atoms with Crippen molar-refractivity contribution in [2.45, 2.75) is 38.9 Å². The lowest BCUT2D eigenvalue weighted by Gasteiger charge is -2.43. The zero-order valence-electron chi connectivity index (χ0n) is 29.3. The molecule has 0 bridgehead atoms. The predicted molar refractivity (Wildman–Crippen MR) is 90.1 cm³/mol. The summed E-state index contributed by atoms with van der Waals surface area (Å²) in [6, 6.07) is 0.484. The molecule has 1 fully saturated rings. The van der Waals surface area contributed by atoms with E-state index in [4.69, 9.17) is 32.8 Å². The van der Waals surface area contributed by atoms with Crippen molar-refractivity contribution in [1.29, 1.82) is 0 Å². The number of carbonyl (C=O) groups is 1. The first-order chi connectivity index (χ1) is 17.6. The number of hydrogen-bond acceptors (Lipinski definition) is 4. The zero-order valence-corrected chi connectivity index (χ0v) is 12.3. The molecule has 23 heavy (non-hydrogen) atoms. The minimum atomic E-state index is -4.30. The Labute approximate surface area is 162 Å². The van der Waals surface area contributed by atoms with Crippen molar-refractivity contribution in [3.05, 3.63) is 23.3 Å². The maximum Gasteiger partial charge on any atom is 0.161 e.